The molecule has 9 aromatic carbocycles. The Kier molecular flexibility index (Phi) is 8.50. The lowest BCUT2D eigenvalue weighted by atomic mass is 9.96. The number of fused-ring (bicyclic) bond motifs is 7. The van der Waals surface area contributed by atoms with Crippen molar-refractivity contribution in [1.82, 2.24) is 14.1 Å². The van der Waals surface area contributed by atoms with Gasteiger partial charge in [0.2, 0.25) is 0 Å². The molecule has 0 unspecified atom stereocenters. The Hall–Kier alpha value is -8.27. The predicted octanol–water partition coefficient (Wildman–Crippen LogP) is 15.6. The molecule has 0 atom stereocenters. The normalized spacial score (nSPS) is 11.5. The third-order valence-electron chi connectivity index (χ3n) is 12.3. The molecule has 3 heteroatoms. The summed E-state index contributed by atoms with van der Waals surface area (Å²) in [4.78, 5) is 5.59. The molecule has 0 bridgehead atoms. The number of para-hydroxylation sites is 3. The van der Waals surface area contributed by atoms with E-state index in [9.17, 15) is 0 Å². The largest absolute Gasteiger partial charge is 0.307 e. The molecule has 0 fully saturated rings. The van der Waals surface area contributed by atoms with E-state index in [1.54, 1.807) is 0 Å². The van der Waals surface area contributed by atoms with Crippen LogP contribution >= 0.6 is 0 Å². The van der Waals surface area contributed by atoms with E-state index in [1.165, 1.54) is 54.9 Å². The Balaban J connectivity index is 1.15. The standard InChI is InChI=1S/C59H39N3/c1-5-18-40(19-6-1)45-24-17-25-46(36-45)41-32-34-42(35-33-41)47-37-53(44-22-9-3-10-23-44)60-56(38-47)62-55-31-16-14-29-50(55)57-51(43-20-7-2-8-21-43)39-52-49-28-13-15-30-54(49)61(58(52)59(57)62)48-26-11-4-12-27-48/h1-39H. The molecule has 12 rings (SSSR count). The molecule has 0 spiro atoms. The molecule has 62 heavy (non-hydrogen) atoms. The van der Waals surface area contributed by atoms with Gasteiger partial charge in [0.25, 0.3) is 0 Å². The van der Waals surface area contributed by atoms with Crippen LogP contribution in [0.25, 0.3) is 111 Å². The Morgan fingerprint density at radius 1 is 0.290 bits per heavy atom. The fraction of sp³-hybridized carbons (Fsp3) is 0. The van der Waals surface area contributed by atoms with Gasteiger partial charge in [0.05, 0.1) is 27.8 Å². The summed E-state index contributed by atoms with van der Waals surface area (Å²) < 4.78 is 4.88. The molecule has 0 aliphatic rings. The molecule has 3 aromatic heterocycles. The first-order valence-electron chi connectivity index (χ1n) is 21.2. The van der Waals surface area contributed by atoms with Crippen molar-refractivity contribution in [3.05, 3.63) is 237 Å². The molecule has 0 N–H and O–H groups in total. The van der Waals surface area contributed by atoms with Crippen LogP contribution in [0.2, 0.25) is 0 Å². The Morgan fingerprint density at radius 2 is 0.790 bits per heavy atom. The van der Waals surface area contributed by atoms with Gasteiger partial charge >= 0.3 is 0 Å². The Labute approximate surface area is 360 Å². The molecule has 290 valence electrons. The second-order valence-electron chi connectivity index (χ2n) is 15.9. The van der Waals surface area contributed by atoms with E-state index in [2.05, 4.69) is 246 Å². The highest BCUT2D eigenvalue weighted by Gasteiger charge is 2.25. The lowest BCUT2D eigenvalue weighted by Crippen LogP contribution is -2.02. The van der Waals surface area contributed by atoms with Gasteiger partial charge in [-0.25, -0.2) is 4.98 Å². The minimum Gasteiger partial charge on any atom is -0.307 e. The van der Waals surface area contributed by atoms with Crippen LogP contribution in [0.15, 0.2) is 237 Å². The predicted molar refractivity (Wildman–Crippen MR) is 260 cm³/mol. The van der Waals surface area contributed by atoms with Gasteiger partial charge in [0.15, 0.2) is 0 Å². The first kappa shape index (κ1) is 35.7. The average Bonchev–Trinajstić information content (AvgIpc) is 3.88. The molecule has 0 saturated carbocycles. The highest BCUT2D eigenvalue weighted by Crippen LogP contribution is 2.46. The van der Waals surface area contributed by atoms with Crippen molar-refractivity contribution in [1.29, 1.82) is 0 Å². The second kappa shape index (κ2) is 14.8. The number of pyridine rings is 1. The summed E-state index contributed by atoms with van der Waals surface area (Å²) >= 11 is 0. The molecule has 0 saturated heterocycles. The SMILES string of the molecule is c1ccc(-c2cccc(-c3ccc(-c4cc(-c5ccccc5)nc(-n5c6ccccc6c6c(-c7ccccc7)cc7c8ccccc8n(-c8ccccc8)c7c65)c4)cc3)c2)cc1. The molecule has 0 amide bonds. The van der Waals surface area contributed by atoms with E-state index in [0.29, 0.717) is 0 Å². The van der Waals surface area contributed by atoms with Gasteiger partial charge in [0.1, 0.15) is 5.82 Å². The highest BCUT2D eigenvalue weighted by molar-refractivity contribution is 6.28. The lowest BCUT2D eigenvalue weighted by molar-refractivity contribution is 1.08. The smallest absolute Gasteiger partial charge is 0.138 e. The fourth-order valence-corrected chi connectivity index (χ4v) is 9.44. The van der Waals surface area contributed by atoms with E-state index >= 15 is 0 Å². The number of nitrogens with zero attached hydrogens (tertiary/aromatic N) is 3. The maximum Gasteiger partial charge on any atom is 0.138 e. The third kappa shape index (κ3) is 5.94. The summed E-state index contributed by atoms with van der Waals surface area (Å²) in [5.41, 5.74) is 17.0. The number of hydrogen-bond acceptors (Lipinski definition) is 1. The van der Waals surface area contributed by atoms with E-state index in [-0.39, 0.29) is 0 Å². The molecular formula is C59H39N3. The maximum atomic E-state index is 5.59. The molecule has 3 heterocycles. The topological polar surface area (TPSA) is 22.8 Å². The molecule has 12 aromatic rings. The van der Waals surface area contributed by atoms with Crippen molar-refractivity contribution < 1.29 is 0 Å². The highest BCUT2D eigenvalue weighted by atomic mass is 15.1. The van der Waals surface area contributed by atoms with Gasteiger partial charge in [-0.3, -0.25) is 4.57 Å². The van der Waals surface area contributed by atoms with Crippen LogP contribution in [0, 0.1) is 0 Å². The molecule has 0 aliphatic heterocycles. The Bertz CT molecular complexity index is 3590. The van der Waals surface area contributed by atoms with Crippen molar-refractivity contribution >= 4 is 43.6 Å². The first-order valence-corrected chi connectivity index (χ1v) is 21.2. The zero-order valence-electron chi connectivity index (χ0n) is 33.9. The van der Waals surface area contributed by atoms with E-state index < -0.39 is 0 Å². The van der Waals surface area contributed by atoms with Crippen molar-refractivity contribution in [3.63, 3.8) is 0 Å². The third-order valence-corrected chi connectivity index (χ3v) is 12.3. The van der Waals surface area contributed by atoms with Crippen LogP contribution in [0.3, 0.4) is 0 Å². The second-order valence-corrected chi connectivity index (χ2v) is 15.9. The summed E-state index contributed by atoms with van der Waals surface area (Å²) in [7, 11) is 0. The molecule has 0 radical (unpaired) electrons. The van der Waals surface area contributed by atoms with Crippen LogP contribution in [-0.4, -0.2) is 14.1 Å². The number of benzene rings is 9. The minimum atomic E-state index is 0.864. The molecule has 0 aliphatic carbocycles. The summed E-state index contributed by atoms with van der Waals surface area (Å²) in [6.45, 7) is 0. The fourth-order valence-electron chi connectivity index (χ4n) is 9.44. The van der Waals surface area contributed by atoms with E-state index in [4.69, 9.17) is 4.98 Å². The van der Waals surface area contributed by atoms with Crippen molar-refractivity contribution in [2.45, 2.75) is 0 Å². The quantitative estimate of drug-likeness (QED) is 0.158. The van der Waals surface area contributed by atoms with Crippen LogP contribution in [-0.2, 0) is 0 Å². The van der Waals surface area contributed by atoms with Gasteiger partial charge in [-0.05, 0) is 93.0 Å². The van der Waals surface area contributed by atoms with Gasteiger partial charge in [-0.15, -0.1) is 0 Å². The summed E-state index contributed by atoms with van der Waals surface area (Å²) in [6, 6.07) is 85.1. The van der Waals surface area contributed by atoms with Gasteiger partial charge in [0, 0.05) is 32.8 Å². The zero-order valence-corrected chi connectivity index (χ0v) is 33.9. The van der Waals surface area contributed by atoms with Crippen molar-refractivity contribution in [2.24, 2.45) is 0 Å². The first-order chi connectivity index (χ1) is 30.8. The summed E-state index contributed by atoms with van der Waals surface area (Å²) in [5.74, 6) is 0.864. The maximum absolute atomic E-state index is 5.59. The van der Waals surface area contributed by atoms with Gasteiger partial charge in [-0.1, -0.05) is 188 Å². The lowest BCUT2D eigenvalue weighted by Gasteiger charge is -2.16. The van der Waals surface area contributed by atoms with Crippen LogP contribution in [0.5, 0.6) is 0 Å². The zero-order chi connectivity index (χ0) is 41.0. The summed E-state index contributed by atoms with van der Waals surface area (Å²) in [5, 5.41) is 4.80. The van der Waals surface area contributed by atoms with E-state index in [0.717, 1.165) is 56.0 Å². The van der Waals surface area contributed by atoms with Gasteiger partial charge in [-0.2, -0.15) is 0 Å². The van der Waals surface area contributed by atoms with Crippen LogP contribution in [0.4, 0.5) is 0 Å². The monoisotopic (exact) mass is 789 g/mol. The Morgan fingerprint density at radius 3 is 1.45 bits per heavy atom. The number of rotatable bonds is 7. The van der Waals surface area contributed by atoms with E-state index in [1.807, 2.05) is 0 Å². The average molecular weight is 790 g/mol. The van der Waals surface area contributed by atoms with Gasteiger partial charge < -0.3 is 4.57 Å². The van der Waals surface area contributed by atoms with Crippen molar-refractivity contribution in [3.8, 4) is 67.3 Å². The molecular weight excluding hydrogens is 751 g/mol. The molecule has 3 nitrogen and oxygen atoms in total. The van der Waals surface area contributed by atoms with Crippen molar-refractivity contribution in [2.75, 3.05) is 0 Å². The number of hydrogen-bond donors (Lipinski definition) is 0. The summed E-state index contributed by atoms with van der Waals surface area (Å²) in [6.07, 6.45) is 0. The number of aromatic nitrogens is 3. The van der Waals surface area contributed by atoms with Crippen LogP contribution in [0.1, 0.15) is 0 Å². The van der Waals surface area contributed by atoms with Crippen LogP contribution < -0.4 is 0 Å². The minimum absolute atomic E-state index is 0.864.